The van der Waals surface area contributed by atoms with E-state index in [1.807, 2.05) is 0 Å². The molecule has 1 atom stereocenters. The van der Waals surface area contributed by atoms with Crippen LogP contribution in [0.3, 0.4) is 0 Å². The lowest BCUT2D eigenvalue weighted by atomic mass is 10.1. The van der Waals surface area contributed by atoms with Gasteiger partial charge in [0.15, 0.2) is 0 Å². The Labute approximate surface area is 139 Å². The maximum atomic E-state index is 5.29. The van der Waals surface area contributed by atoms with Crippen LogP contribution in [0.1, 0.15) is 30.1 Å². The van der Waals surface area contributed by atoms with Gasteiger partial charge in [0.2, 0.25) is 0 Å². The Balaban J connectivity index is 1.66. The van der Waals surface area contributed by atoms with Gasteiger partial charge >= 0.3 is 0 Å². The van der Waals surface area contributed by atoms with E-state index in [1.165, 1.54) is 37.2 Å². The maximum Gasteiger partial charge on any atom is 0.118 e. The first-order chi connectivity index (χ1) is 11.3. The van der Waals surface area contributed by atoms with Crippen molar-refractivity contribution in [3.63, 3.8) is 0 Å². The molecule has 1 N–H and O–H groups in total. The van der Waals surface area contributed by atoms with Crippen molar-refractivity contribution in [3.8, 4) is 5.75 Å². The molecule has 0 amide bonds. The first kappa shape index (κ1) is 16.1. The van der Waals surface area contributed by atoms with Crippen LogP contribution >= 0.6 is 0 Å². The summed E-state index contributed by atoms with van der Waals surface area (Å²) in [5.41, 5.74) is 2.69. The number of ether oxygens (including phenoxy) is 1. The number of aryl methyl sites for hydroxylation is 1. The van der Waals surface area contributed by atoms with Crippen molar-refractivity contribution in [2.24, 2.45) is 7.05 Å². The molecule has 0 radical (unpaired) electrons. The lowest BCUT2D eigenvalue weighted by Crippen LogP contribution is -2.34. The lowest BCUT2D eigenvalue weighted by Gasteiger charge is -2.28. The summed E-state index contributed by atoms with van der Waals surface area (Å²) in [6.07, 6.45) is 4.72. The Morgan fingerprint density at radius 1 is 1.13 bits per heavy atom. The molecule has 1 aromatic carbocycles. The molecule has 0 saturated carbocycles. The molecular formula is C19H27N3O. The summed E-state index contributed by atoms with van der Waals surface area (Å²) in [7, 11) is 3.81. The normalized spacial score (nSPS) is 16.6. The zero-order valence-electron chi connectivity index (χ0n) is 14.2. The van der Waals surface area contributed by atoms with E-state index in [-0.39, 0.29) is 0 Å². The Morgan fingerprint density at radius 2 is 1.87 bits per heavy atom. The van der Waals surface area contributed by atoms with Gasteiger partial charge in [0.1, 0.15) is 5.75 Å². The van der Waals surface area contributed by atoms with Gasteiger partial charge < -0.3 is 14.6 Å². The zero-order valence-corrected chi connectivity index (χ0v) is 14.2. The minimum atomic E-state index is 0.434. The highest BCUT2D eigenvalue weighted by Gasteiger charge is 2.23. The highest BCUT2D eigenvalue weighted by molar-refractivity contribution is 5.29. The Hall–Kier alpha value is -1.78. The monoisotopic (exact) mass is 313 g/mol. The highest BCUT2D eigenvalue weighted by Crippen LogP contribution is 2.26. The third kappa shape index (κ3) is 3.95. The maximum absolute atomic E-state index is 5.29. The van der Waals surface area contributed by atoms with Gasteiger partial charge in [0.05, 0.1) is 7.11 Å². The van der Waals surface area contributed by atoms with Gasteiger partial charge in [-0.15, -0.1) is 0 Å². The molecule has 0 aliphatic carbocycles. The molecule has 2 aromatic rings. The topological polar surface area (TPSA) is 29.4 Å². The lowest BCUT2D eigenvalue weighted by molar-refractivity contribution is 0.238. The summed E-state index contributed by atoms with van der Waals surface area (Å²) >= 11 is 0. The molecular weight excluding hydrogens is 286 g/mol. The molecule has 0 spiro atoms. The number of benzene rings is 1. The van der Waals surface area contributed by atoms with Crippen LogP contribution in [0.2, 0.25) is 0 Å². The van der Waals surface area contributed by atoms with Crippen molar-refractivity contribution in [1.82, 2.24) is 14.8 Å². The fraction of sp³-hybridized carbons (Fsp3) is 0.474. The summed E-state index contributed by atoms with van der Waals surface area (Å²) in [6.45, 7) is 4.27. The summed E-state index contributed by atoms with van der Waals surface area (Å²) in [5, 5.41) is 3.64. The average molecular weight is 313 g/mol. The molecule has 1 aliphatic rings. The molecule has 4 heteroatoms. The molecule has 1 unspecified atom stereocenters. The molecule has 1 saturated heterocycles. The van der Waals surface area contributed by atoms with Crippen LogP contribution in [0.4, 0.5) is 0 Å². The van der Waals surface area contributed by atoms with Gasteiger partial charge in [-0.1, -0.05) is 12.1 Å². The van der Waals surface area contributed by atoms with Crippen LogP contribution in [-0.4, -0.2) is 36.2 Å². The Morgan fingerprint density at radius 3 is 2.48 bits per heavy atom. The van der Waals surface area contributed by atoms with Gasteiger partial charge in [-0.2, -0.15) is 0 Å². The minimum absolute atomic E-state index is 0.434. The SMILES string of the molecule is COc1ccc(C(CNCc2cccn2C)N2CCCC2)cc1. The Bertz CT molecular complexity index is 599. The standard InChI is InChI=1S/C19H27N3O/c1-21-11-5-6-17(21)14-20-15-19(22-12-3-4-13-22)16-7-9-18(23-2)10-8-16/h5-11,19-20H,3-4,12-15H2,1-2H3. The van der Waals surface area contributed by atoms with E-state index in [0.29, 0.717) is 6.04 Å². The van der Waals surface area contributed by atoms with E-state index in [9.17, 15) is 0 Å². The largest absolute Gasteiger partial charge is 0.497 e. The van der Waals surface area contributed by atoms with Crippen molar-refractivity contribution in [1.29, 1.82) is 0 Å². The molecule has 2 heterocycles. The van der Waals surface area contributed by atoms with Gasteiger partial charge in [-0.3, -0.25) is 4.90 Å². The number of hydrogen-bond donors (Lipinski definition) is 1. The van der Waals surface area contributed by atoms with E-state index in [2.05, 4.69) is 64.4 Å². The number of rotatable bonds is 7. The minimum Gasteiger partial charge on any atom is -0.497 e. The molecule has 0 bridgehead atoms. The predicted octanol–water partition coefficient (Wildman–Crippen LogP) is 2.96. The summed E-state index contributed by atoms with van der Waals surface area (Å²) in [4.78, 5) is 2.60. The van der Waals surface area contributed by atoms with E-state index in [1.54, 1.807) is 7.11 Å². The first-order valence-electron chi connectivity index (χ1n) is 8.47. The zero-order chi connectivity index (χ0) is 16.1. The number of hydrogen-bond acceptors (Lipinski definition) is 3. The Kier molecular flexibility index (Phi) is 5.36. The summed E-state index contributed by atoms with van der Waals surface area (Å²) in [6, 6.07) is 13.2. The van der Waals surface area contributed by atoms with Crippen LogP contribution < -0.4 is 10.1 Å². The number of aromatic nitrogens is 1. The quantitative estimate of drug-likeness (QED) is 0.852. The number of methoxy groups -OCH3 is 1. The smallest absolute Gasteiger partial charge is 0.118 e. The third-order valence-electron chi connectivity index (χ3n) is 4.78. The molecule has 124 valence electrons. The third-order valence-corrected chi connectivity index (χ3v) is 4.78. The van der Waals surface area contributed by atoms with Crippen molar-refractivity contribution < 1.29 is 4.74 Å². The molecule has 4 nitrogen and oxygen atoms in total. The van der Waals surface area contributed by atoms with Crippen molar-refractivity contribution >= 4 is 0 Å². The summed E-state index contributed by atoms with van der Waals surface area (Å²) < 4.78 is 7.46. The van der Waals surface area contributed by atoms with Crippen LogP contribution in [0, 0.1) is 0 Å². The van der Waals surface area contributed by atoms with Gasteiger partial charge in [-0.25, -0.2) is 0 Å². The fourth-order valence-electron chi connectivity index (χ4n) is 3.35. The van der Waals surface area contributed by atoms with Crippen molar-refractivity contribution in [2.75, 3.05) is 26.7 Å². The van der Waals surface area contributed by atoms with Gasteiger partial charge in [0.25, 0.3) is 0 Å². The molecule has 1 aromatic heterocycles. The highest BCUT2D eigenvalue weighted by atomic mass is 16.5. The van der Waals surface area contributed by atoms with Crippen LogP contribution in [-0.2, 0) is 13.6 Å². The van der Waals surface area contributed by atoms with Crippen LogP contribution in [0.25, 0.3) is 0 Å². The number of nitrogens with zero attached hydrogens (tertiary/aromatic N) is 2. The predicted molar refractivity (Wildman–Crippen MR) is 93.7 cm³/mol. The van der Waals surface area contributed by atoms with Crippen molar-refractivity contribution in [3.05, 3.63) is 53.9 Å². The summed E-state index contributed by atoms with van der Waals surface area (Å²) in [5.74, 6) is 0.922. The second-order valence-electron chi connectivity index (χ2n) is 6.27. The van der Waals surface area contributed by atoms with E-state index < -0.39 is 0 Å². The van der Waals surface area contributed by atoms with Crippen molar-refractivity contribution in [2.45, 2.75) is 25.4 Å². The van der Waals surface area contributed by atoms with Gasteiger partial charge in [-0.05, 0) is 55.8 Å². The fourth-order valence-corrected chi connectivity index (χ4v) is 3.35. The molecule has 1 fully saturated rings. The first-order valence-corrected chi connectivity index (χ1v) is 8.47. The molecule has 23 heavy (non-hydrogen) atoms. The van der Waals surface area contributed by atoms with E-state index >= 15 is 0 Å². The number of likely N-dealkylation sites (tertiary alicyclic amines) is 1. The second kappa shape index (κ2) is 7.66. The average Bonchev–Trinajstić information content (AvgIpc) is 3.24. The molecule has 1 aliphatic heterocycles. The molecule has 3 rings (SSSR count). The number of nitrogens with one attached hydrogen (secondary N) is 1. The van der Waals surface area contributed by atoms with E-state index in [0.717, 1.165) is 18.8 Å². The van der Waals surface area contributed by atoms with E-state index in [4.69, 9.17) is 4.74 Å². The second-order valence-corrected chi connectivity index (χ2v) is 6.27. The van der Waals surface area contributed by atoms with Gasteiger partial charge in [0, 0.05) is 38.1 Å². The van der Waals surface area contributed by atoms with Crippen LogP contribution in [0.5, 0.6) is 5.75 Å². The van der Waals surface area contributed by atoms with Crippen LogP contribution in [0.15, 0.2) is 42.6 Å².